The fourth-order valence-corrected chi connectivity index (χ4v) is 2.86. The molecular weight excluding hydrogens is 364 g/mol. The number of carbonyl (C=O) groups excluding carboxylic acids is 2. The van der Waals surface area contributed by atoms with Crippen LogP contribution in [0, 0.1) is 5.82 Å². The van der Waals surface area contributed by atoms with Crippen molar-refractivity contribution in [2.45, 2.75) is 6.54 Å². The van der Waals surface area contributed by atoms with Gasteiger partial charge in [0.1, 0.15) is 5.82 Å². The molecule has 0 atom stereocenters. The van der Waals surface area contributed by atoms with E-state index >= 15 is 0 Å². The molecule has 8 heteroatoms. The van der Waals surface area contributed by atoms with Gasteiger partial charge in [-0.1, -0.05) is 23.2 Å². The average molecular weight is 376 g/mol. The van der Waals surface area contributed by atoms with Crippen LogP contribution in [0.4, 0.5) is 4.39 Å². The van der Waals surface area contributed by atoms with Crippen molar-refractivity contribution in [1.82, 2.24) is 4.90 Å². The summed E-state index contributed by atoms with van der Waals surface area (Å²) in [7, 11) is 1.60. The Morgan fingerprint density at radius 3 is 2.70 bits per heavy atom. The van der Waals surface area contributed by atoms with Crippen LogP contribution >= 0.6 is 34.5 Å². The number of nitrogens with zero attached hydrogens (tertiary/aromatic N) is 1. The number of esters is 1. The Bertz CT molecular complexity index is 722. The number of likely N-dealkylation sites (N-methyl/N-ethyl adjacent to an activating group) is 1. The molecule has 1 heterocycles. The third-order valence-electron chi connectivity index (χ3n) is 2.98. The second-order valence-corrected chi connectivity index (χ2v) is 6.30. The first-order valence-electron chi connectivity index (χ1n) is 6.45. The van der Waals surface area contributed by atoms with Gasteiger partial charge in [0.05, 0.1) is 15.6 Å². The lowest BCUT2D eigenvalue weighted by Crippen LogP contribution is -2.30. The molecule has 0 saturated heterocycles. The van der Waals surface area contributed by atoms with Gasteiger partial charge < -0.3 is 9.64 Å². The molecule has 1 aromatic carbocycles. The van der Waals surface area contributed by atoms with Gasteiger partial charge in [-0.2, -0.15) is 11.3 Å². The molecular formula is C15H12Cl2FNO3S. The third-order valence-corrected chi connectivity index (χ3v) is 4.32. The molecule has 0 radical (unpaired) electrons. The monoisotopic (exact) mass is 375 g/mol. The van der Waals surface area contributed by atoms with E-state index in [0.29, 0.717) is 6.54 Å². The Morgan fingerprint density at radius 2 is 2.04 bits per heavy atom. The first-order valence-corrected chi connectivity index (χ1v) is 8.15. The highest BCUT2D eigenvalue weighted by atomic mass is 35.5. The summed E-state index contributed by atoms with van der Waals surface area (Å²) in [4.78, 5) is 25.3. The number of benzene rings is 1. The van der Waals surface area contributed by atoms with Crippen molar-refractivity contribution in [2.24, 2.45) is 0 Å². The molecule has 0 bridgehead atoms. The fraction of sp³-hybridized carbons (Fsp3) is 0.200. The molecule has 1 aromatic heterocycles. The van der Waals surface area contributed by atoms with Gasteiger partial charge in [0.25, 0.3) is 5.91 Å². The molecule has 0 unspecified atom stereocenters. The minimum atomic E-state index is -0.886. The second-order valence-electron chi connectivity index (χ2n) is 4.70. The molecule has 0 N–H and O–H groups in total. The molecule has 1 amide bonds. The topological polar surface area (TPSA) is 46.6 Å². The SMILES string of the molecule is CN(Cc1ccsc1)C(=O)COC(=O)c1cc(F)c(Cl)cc1Cl. The minimum absolute atomic E-state index is 0.0412. The molecule has 0 aliphatic rings. The molecule has 4 nitrogen and oxygen atoms in total. The first-order chi connectivity index (χ1) is 10.9. The summed E-state index contributed by atoms with van der Waals surface area (Å²) in [6, 6.07) is 3.89. The lowest BCUT2D eigenvalue weighted by atomic mass is 10.2. The number of amides is 1. The maximum Gasteiger partial charge on any atom is 0.340 e. The van der Waals surface area contributed by atoms with Crippen molar-refractivity contribution in [3.05, 3.63) is 55.9 Å². The van der Waals surface area contributed by atoms with E-state index in [2.05, 4.69) is 0 Å². The van der Waals surface area contributed by atoms with Crippen LogP contribution < -0.4 is 0 Å². The van der Waals surface area contributed by atoms with Gasteiger partial charge in [-0.05, 0) is 34.5 Å². The van der Waals surface area contributed by atoms with E-state index in [1.807, 2.05) is 16.8 Å². The van der Waals surface area contributed by atoms with Gasteiger partial charge in [-0.3, -0.25) is 4.79 Å². The van der Waals surface area contributed by atoms with Crippen molar-refractivity contribution in [3.8, 4) is 0 Å². The number of carbonyl (C=O) groups is 2. The van der Waals surface area contributed by atoms with Gasteiger partial charge >= 0.3 is 5.97 Å². The van der Waals surface area contributed by atoms with Crippen molar-refractivity contribution in [3.63, 3.8) is 0 Å². The van der Waals surface area contributed by atoms with Crippen molar-refractivity contribution in [2.75, 3.05) is 13.7 Å². The summed E-state index contributed by atoms with van der Waals surface area (Å²) in [5.41, 5.74) is 0.807. The molecule has 2 rings (SSSR count). The van der Waals surface area contributed by atoms with E-state index in [-0.39, 0.29) is 21.5 Å². The van der Waals surface area contributed by atoms with Crippen LogP contribution in [-0.4, -0.2) is 30.4 Å². The maximum atomic E-state index is 13.4. The molecule has 0 aliphatic heterocycles. The second kappa shape index (κ2) is 7.77. The Kier molecular flexibility index (Phi) is 5.98. The van der Waals surface area contributed by atoms with Crippen LogP contribution in [0.5, 0.6) is 0 Å². The molecule has 0 aliphatic carbocycles. The van der Waals surface area contributed by atoms with Crippen LogP contribution in [0.1, 0.15) is 15.9 Å². The van der Waals surface area contributed by atoms with Crippen LogP contribution in [0.25, 0.3) is 0 Å². The van der Waals surface area contributed by atoms with Crippen molar-refractivity contribution >= 4 is 46.4 Å². The van der Waals surface area contributed by atoms with Crippen molar-refractivity contribution in [1.29, 1.82) is 0 Å². The lowest BCUT2D eigenvalue weighted by molar-refractivity contribution is -0.133. The Labute approximate surface area is 146 Å². The third kappa shape index (κ3) is 4.67. The smallest absolute Gasteiger partial charge is 0.340 e. The first kappa shape index (κ1) is 17.7. The van der Waals surface area contributed by atoms with Crippen LogP contribution in [0.3, 0.4) is 0 Å². The van der Waals surface area contributed by atoms with Gasteiger partial charge in [0.15, 0.2) is 6.61 Å². The van der Waals surface area contributed by atoms with Crippen molar-refractivity contribution < 1.29 is 18.7 Å². The number of rotatable bonds is 5. The summed E-state index contributed by atoms with van der Waals surface area (Å²) < 4.78 is 18.3. The van der Waals surface area contributed by atoms with E-state index < -0.39 is 18.4 Å². The van der Waals surface area contributed by atoms with Crippen LogP contribution in [0.15, 0.2) is 29.0 Å². The number of hydrogen-bond donors (Lipinski definition) is 0. The number of ether oxygens (including phenoxy) is 1. The Morgan fingerprint density at radius 1 is 1.30 bits per heavy atom. The zero-order valence-corrected chi connectivity index (χ0v) is 14.3. The summed E-state index contributed by atoms with van der Waals surface area (Å²) in [5.74, 6) is -2.05. The molecule has 23 heavy (non-hydrogen) atoms. The zero-order valence-electron chi connectivity index (χ0n) is 12.0. The number of hydrogen-bond acceptors (Lipinski definition) is 4. The predicted octanol–water partition coefficient (Wildman–Crippen LogP) is 4.01. The largest absolute Gasteiger partial charge is 0.452 e. The van der Waals surface area contributed by atoms with E-state index in [1.165, 1.54) is 16.2 Å². The fourth-order valence-electron chi connectivity index (χ4n) is 1.74. The highest BCUT2D eigenvalue weighted by Crippen LogP contribution is 2.24. The summed E-state index contributed by atoms with van der Waals surface area (Å²) in [5, 5.41) is 3.59. The molecule has 0 saturated carbocycles. The van der Waals surface area contributed by atoms with Gasteiger partial charge in [-0.25, -0.2) is 9.18 Å². The molecule has 2 aromatic rings. The normalized spacial score (nSPS) is 10.4. The van der Waals surface area contributed by atoms with E-state index in [1.54, 1.807) is 7.05 Å². The zero-order chi connectivity index (χ0) is 17.0. The predicted molar refractivity (Wildman–Crippen MR) is 87.5 cm³/mol. The molecule has 122 valence electrons. The maximum absolute atomic E-state index is 13.4. The number of halogens is 3. The highest BCUT2D eigenvalue weighted by Gasteiger charge is 2.18. The molecule has 0 spiro atoms. The Hall–Kier alpha value is -1.63. The summed E-state index contributed by atoms with van der Waals surface area (Å²) >= 11 is 12.9. The van der Waals surface area contributed by atoms with Gasteiger partial charge in [0, 0.05) is 13.6 Å². The van der Waals surface area contributed by atoms with Crippen LogP contribution in [0.2, 0.25) is 10.0 Å². The standard InChI is InChI=1S/C15H12Cl2FNO3S/c1-19(6-9-2-3-23-8-9)14(20)7-22-15(21)10-4-13(18)12(17)5-11(10)16/h2-5,8H,6-7H2,1H3. The lowest BCUT2D eigenvalue weighted by Gasteiger charge is -2.16. The Balaban J connectivity index is 1.93. The highest BCUT2D eigenvalue weighted by molar-refractivity contribution is 7.07. The van der Waals surface area contributed by atoms with E-state index in [0.717, 1.165) is 17.7 Å². The van der Waals surface area contributed by atoms with Gasteiger partial charge in [-0.15, -0.1) is 0 Å². The van der Waals surface area contributed by atoms with E-state index in [4.69, 9.17) is 27.9 Å². The van der Waals surface area contributed by atoms with E-state index in [9.17, 15) is 14.0 Å². The molecule has 0 fully saturated rings. The van der Waals surface area contributed by atoms with Crippen LogP contribution in [-0.2, 0) is 16.1 Å². The summed E-state index contributed by atoms with van der Waals surface area (Å²) in [6.45, 7) is -0.0454. The number of thiophene rings is 1. The minimum Gasteiger partial charge on any atom is -0.452 e. The quantitative estimate of drug-likeness (QED) is 0.585. The van der Waals surface area contributed by atoms with Gasteiger partial charge in [0.2, 0.25) is 0 Å². The summed E-state index contributed by atoms with van der Waals surface area (Å²) in [6.07, 6.45) is 0. The average Bonchev–Trinajstić information content (AvgIpc) is 3.01.